The van der Waals surface area contributed by atoms with Crippen LogP contribution in [0.15, 0.2) is 0 Å². The topological polar surface area (TPSA) is 114 Å². The number of rotatable bonds is 4. The molecular weight excluding hydrogens is 392 g/mol. The number of esters is 4. The highest BCUT2D eigenvalue weighted by molar-refractivity contribution is 9.09. The Hall–Kier alpha value is -1.68. The second-order valence-electron chi connectivity index (χ2n) is 5.27. The number of halogens is 1. The van der Waals surface area contributed by atoms with Gasteiger partial charge in [-0.3, -0.25) is 14.4 Å². The standard InChI is InChI=1S/C14H19BrO9/c1-6(16)21-10-9(13(19)20-5)23-12(15)11(22-7(2)17)14(10,4)24-8(3)18/h9-12H,1-5H3. The first-order valence-electron chi connectivity index (χ1n) is 6.94. The van der Waals surface area contributed by atoms with E-state index in [-0.39, 0.29) is 0 Å². The number of alkyl halides is 1. The van der Waals surface area contributed by atoms with Crippen molar-refractivity contribution < 1.29 is 42.9 Å². The molecule has 0 aromatic heterocycles. The van der Waals surface area contributed by atoms with E-state index in [2.05, 4.69) is 20.7 Å². The zero-order valence-corrected chi connectivity index (χ0v) is 15.4. The number of carbonyl (C=O) groups excluding carboxylic acids is 4. The highest BCUT2D eigenvalue weighted by atomic mass is 79.9. The van der Waals surface area contributed by atoms with Crippen LogP contribution in [0.3, 0.4) is 0 Å². The van der Waals surface area contributed by atoms with E-state index in [0.717, 1.165) is 27.9 Å². The average Bonchev–Trinajstić information content (AvgIpc) is 2.44. The molecule has 5 atom stereocenters. The van der Waals surface area contributed by atoms with Gasteiger partial charge >= 0.3 is 23.9 Å². The van der Waals surface area contributed by atoms with Crippen LogP contribution in [-0.2, 0) is 42.9 Å². The predicted molar refractivity (Wildman–Crippen MR) is 80.9 cm³/mol. The molecule has 0 N–H and O–H groups in total. The van der Waals surface area contributed by atoms with Crippen molar-refractivity contribution in [3.63, 3.8) is 0 Å². The normalized spacial score (nSPS) is 32.4. The van der Waals surface area contributed by atoms with Crippen LogP contribution in [0, 0.1) is 0 Å². The van der Waals surface area contributed by atoms with Gasteiger partial charge in [0.05, 0.1) is 7.11 Å². The Morgan fingerprint density at radius 1 is 0.958 bits per heavy atom. The Labute approximate surface area is 147 Å². The van der Waals surface area contributed by atoms with Crippen molar-refractivity contribution in [1.82, 2.24) is 0 Å². The van der Waals surface area contributed by atoms with E-state index in [9.17, 15) is 19.2 Å². The lowest BCUT2D eigenvalue weighted by Crippen LogP contribution is -2.68. The monoisotopic (exact) mass is 410 g/mol. The van der Waals surface area contributed by atoms with Crippen molar-refractivity contribution in [2.45, 2.75) is 56.6 Å². The number of carbonyl (C=O) groups is 4. The molecule has 0 amide bonds. The van der Waals surface area contributed by atoms with Crippen LogP contribution in [0.2, 0.25) is 0 Å². The zero-order chi connectivity index (χ0) is 18.7. The Morgan fingerprint density at radius 3 is 1.88 bits per heavy atom. The second-order valence-corrected chi connectivity index (χ2v) is 6.17. The van der Waals surface area contributed by atoms with Gasteiger partial charge in [-0.15, -0.1) is 0 Å². The molecule has 0 bridgehead atoms. The fourth-order valence-electron chi connectivity index (χ4n) is 2.43. The molecule has 1 aliphatic heterocycles. The number of hydrogen-bond donors (Lipinski definition) is 0. The van der Waals surface area contributed by atoms with Crippen molar-refractivity contribution in [1.29, 1.82) is 0 Å². The maximum Gasteiger partial charge on any atom is 0.339 e. The van der Waals surface area contributed by atoms with Crippen molar-refractivity contribution in [3.8, 4) is 0 Å². The summed E-state index contributed by atoms with van der Waals surface area (Å²) in [6.45, 7) is 4.78. The van der Waals surface area contributed by atoms with Crippen molar-refractivity contribution in [2.75, 3.05) is 7.11 Å². The molecule has 136 valence electrons. The highest BCUT2D eigenvalue weighted by Crippen LogP contribution is 2.39. The molecule has 0 aromatic carbocycles. The summed E-state index contributed by atoms with van der Waals surface area (Å²) < 4.78 is 25.7. The van der Waals surface area contributed by atoms with Gasteiger partial charge in [0, 0.05) is 20.8 Å². The first-order valence-corrected chi connectivity index (χ1v) is 7.85. The molecule has 9 nitrogen and oxygen atoms in total. The third kappa shape index (κ3) is 4.44. The summed E-state index contributed by atoms with van der Waals surface area (Å²) >= 11 is 3.14. The molecule has 0 spiro atoms. The Morgan fingerprint density at radius 2 is 1.46 bits per heavy atom. The van der Waals surface area contributed by atoms with Gasteiger partial charge in [0.2, 0.25) is 0 Å². The van der Waals surface area contributed by atoms with E-state index in [1.165, 1.54) is 6.92 Å². The molecule has 24 heavy (non-hydrogen) atoms. The van der Waals surface area contributed by atoms with Gasteiger partial charge in [-0.2, -0.15) is 0 Å². The number of methoxy groups -OCH3 is 1. The summed E-state index contributed by atoms with van der Waals surface area (Å²) in [5.74, 6) is -2.99. The second kappa shape index (κ2) is 7.93. The van der Waals surface area contributed by atoms with Crippen LogP contribution in [-0.4, -0.2) is 59.9 Å². The molecule has 1 saturated heterocycles. The first kappa shape index (κ1) is 20.4. The predicted octanol–water partition coefficient (Wildman–Crippen LogP) is 0.464. The van der Waals surface area contributed by atoms with E-state index in [1.54, 1.807) is 0 Å². The first-order chi connectivity index (χ1) is 11.0. The fraction of sp³-hybridized carbons (Fsp3) is 0.714. The molecule has 5 unspecified atom stereocenters. The minimum atomic E-state index is -1.69. The summed E-state index contributed by atoms with van der Waals surface area (Å²) in [5.41, 5.74) is -1.69. The van der Waals surface area contributed by atoms with Crippen molar-refractivity contribution in [2.24, 2.45) is 0 Å². The zero-order valence-electron chi connectivity index (χ0n) is 13.9. The third-order valence-electron chi connectivity index (χ3n) is 3.30. The van der Waals surface area contributed by atoms with Gasteiger partial charge in [0.15, 0.2) is 28.9 Å². The van der Waals surface area contributed by atoms with Gasteiger partial charge in [-0.05, 0) is 6.92 Å². The van der Waals surface area contributed by atoms with E-state index in [0.29, 0.717) is 0 Å². The summed E-state index contributed by atoms with van der Waals surface area (Å²) in [6.07, 6.45) is -3.95. The Balaban J connectivity index is 3.40. The van der Waals surface area contributed by atoms with E-state index in [1.807, 2.05) is 0 Å². The molecular formula is C14H19BrO9. The quantitative estimate of drug-likeness (QED) is 0.370. The molecule has 0 aliphatic carbocycles. The molecule has 1 fully saturated rings. The molecule has 10 heteroatoms. The van der Waals surface area contributed by atoms with Gasteiger partial charge in [0.25, 0.3) is 0 Å². The van der Waals surface area contributed by atoms with E-state index in [4.69, 9.17) is 18.9 Å². The van der Waals surface area contributed by atoms with Gasteiger partial charge < -0.3 is 23.7 Å². The molecule has 1 rings (SSSR count). The molecule has 0 aromatic rings. The Bertz CT molecular complexity index is 534. The van der Waals surface area contributed by atoms with Crippen LogP contribution in [0.1, 0.15) is 27.7 Å². The van der Waals surface area contributed by atoms with Crippen LogP contribution in [0.25, 0.3) is 0 Å². The van der Waals surface area contributed by atoms with Crippen LogP contribution in [0.5, 0.6) is 0 Å². The molecule has 1 heterocycles. The number of ether oxygens (including phenoxy) is 5. The largest absolute Gasteiger partial charge is 0.467 e. The summed E-state index contributed by atoms with van der Waals surface area (Å²) in [6, 6.07) is 0. The third-order valence-corrected chi connectivity index (χ3v) is 4.00. The van der Waals surface area contributed by atoms with E-state index >= 15 is 0 Å². The summed E-state index contributed by atoms with van der Waals surface area (Å²) in [4.78, 5) is 46.4. The van der Waals surface area contributed by atoms with Crippen LogP contribution >= 0.6 is 15.9 Å². The SMILES string of the molecule is COC(=O)C1OC(Br)C(OC(C)=O)C(C)(OC(C)=O)C1OC(C)=O. The lowest BCUT2D eigenvalue weighted by atomic mass is 9.85. The average molecular weight is 411 g/mol. The van der Waals surface area contributed by atoms with Crippen molar-refractivity contribution >= 4 is 39.8 Å². The van der Waals surface area contributed by atoms with Crippen LogP contribution < -0.4 is 0 Å². The van der Waals surface area contributed by atoms with Gasteiger partial charge in [-0.25, -0.2) is 4.79 Å². The van der Waals surface area contributed by atoms with Crippen molar-refractivity contribution in [3.05, 3.63) is 0 Å². The summed E-state index contributed by atoms with van der Waals surface area (Å²) in [5, 5.41) is -1.01. The summed E-state index contributed by atoms with van der Waals surface area (Å²) in [7, 11) is 1.13. The molecule has 1 aliphatic rings. The van der Waals surface area contributed by atoms with Gasteiger partial charge in [-0.1, -0.05) is 15.9 Å². The Kier molecular flexibility index (Phi) is 6.73. The van der Waals surface area contributed by atoms with E-state index < -0.39 is 52.8 Å². The van der Waals surface area contributed by atoms with Gasteiger partial charge in [0.1, 0.15) is 0 Å². The smallest absolute Gasteiger partial charge is 0.339 e. The lowest BCUT2D eigenvalue weighted by Gasteiger charge is -2.48. The van der Waals surface area contributed by atoms with Crippen LogP contribution in [0.4, 0.5) is 0 Å². The molecule has 0 saturated carbocycles. The minimum Gasteiger partial charge on any atom is -0.467 e. The minimum absolute atomic E-state index is 0.676. The molecule has 0 radical (unpaired) electrons. The maximum absolute atomic E-state index is 12.0. The highest BCUT2D eigenvalue weighted by Gasteiger charge is 2.61. The lowest BCUT2D eigenvalue weighted by molar-refractivity contribution is -0.264. The number of hydrogen-bond acceptors (Lipinski definition) is 9. The maximum atomic E-state index is 12.0. The fourth-order valence-corrected chi connectivity index (χ4v) is 3.30.